The number of likely N-dealkylation sites (tertiary alicyclic amines) is 1. The first-order chi connectivity index (χ1) is 7.72. The molecule has 0 aliphatic carbocycles. The fourth-order valence-electron chi connectivity index (χ4n) is 1.82. The Hall–Kier alpha value is -0.610. The van der Waals surface area contributed by atoms with Crippen LogP contribution in [0.2, 0.25) is 0 Å². The van der Waals surface area contributed by atoms with E-state index < -0.39 is 0 Å². The van der Waals surface area contributed by atoms with Gasteiger partial charge in [0.2, 0.25) is 0 Å². The molecule has 1 aliphatic rings. The van der Waals surface area contributed by atoms with Crippen molar-refractivity contribution in [2.75, 3.05) is 33.3 Å². The standard InChI is InChI=1S/C12H24N2O2/c1-3-4-9-16-12(15)10-13-11-5-7-14(2)8-6-11/h11,13H,3-10H2,1-2H3. The van der Waals surface area contributed by atoms with Crippen LogP contribution in [0.1, 0.15) is 32.6 Å². The summed E-state index contributed by atoms with van der Waals surface area (Å²) >= 11 is 0. The lowest BCUT2D eigenvalue weighted by Gasteiger charge is -2.29. The molecular formula is C12H24N2O2. The number of rotatable bonds is 6. The quantitative estimate of drug-likeness (QED) is 0.544. The SMILES string of the molecule is CCCCOC(=O)CNC1CCN(C)CC1. The van der Waals surface area contributed by atoms with Gasteiger partial charge in [0, 0.05) is 6.04 Å². The largest absolute Gasteiger partial charge is 0.465 e. The van der Waals surface area contributed by atoms with Crippen molar-refractivity contribution < 1.29 is 9.53 Å². The van der Waals surface area contributed by atoms with Crippen molar-refractivity contribution in [3.8, 4) is 0 Å². The van der Waals surface area contributed by atoms with Gasteiger partial charge in [-0.1, -0.05) is 13.3 Å². The molecule has 0 aromatic rings. The molecule has 0 unspecified atom stereocenters. The fourth-order valence-corrected chi connectivity index (χ4v) is 1.82. The van der Waals surface area contributed by atoms with Crippen LogP contribution in [-0.4, -0.2) is 50.2 Å². The van der Waals surface area contributed by atoms with Gasteiger partial charge >= 0.3 is 5.97 Å². The summed E-state index contributed by atoms with van der Waals surface area (Å²) < 4.78 is 5.08. The molecule has 0 amide bonds. The second-order valence-electron chi connectivity index (χ2n) is 4.53. The highest BCUT2D eigenvalue weighted by atomic mass is 16.5. The van der Waals surface area contributed by atoms with E-state index in [1.54, 1.807) is 0 Å². The third-order valence-corrected chi connectivity index (χ3v) is 3.01. The Morgan fingerprint density at radius 3 is 2.75 bits per heavy atom. The first-order valence-corrected chi connectivity index (χ1v) is 6.30. The Balaban J connectivity index is 2.03. The molecule has 1 saturated heterocycles. The Bertz CT molecular complexity index is 201. The number of unbranched alkanes of at least 4 members (excludes halogenated alkanes) is 1. The van der Waals surface area contributed by atoms with Gasteiger partial charge in [-0.15, -0.1) is 0 Å². The summed E-state index contributed by atoms with van der Waals surface area (Å²) in [6, 6.07) is 0.481. The van der Waals surface area contributed by atoms with E-state index in [0.717, 1.165) is 38.8 Å². The summed E-state index contributed by atoms with van der Waals surface area (Å²) in [5, 5.41) is 3.27. The van der Waals surface area contributed by atoms with Gasteiger partial charge < -0.3 is 15.0 Å². The molecule has 0 saturated carbocycles. The van der Waals surface area contributed by atoms with Crippen LogP contribution in [0.3, 0.4) is 0 Å². The molecule has 1 aliphatic heterocycles. The van der Waals surface area contributed by atoms with Crippen LogP contribution >= 0.6 is 0 Å². The molecule has 0 spiro atoms. The molecule has 0 aromatic heterocycles. The highest BCUT2D eigenvalue weighted by molar-refractivity contribution is 5.71. The molecule has 4 nitrogen and oxygen atoms in total. The predicted molar refractivity (Wildman–Crippen MR) is 64.4 cm³/mol. The number of piperidine rings is 1. The lowest BCUT2D eigenvalue weighted by Crippen LogP contribution is -2.42. The van der Waals surface area contributed by atoms with Crippen LogP contribution in [0.5, 0.6) is 0 Å². The van der Waals surface area contributed by atoms with Crippen LogP contribution in [0.4, 0.5) is 0 Å². The number of nitrogens with one attached hydrogen (secondary N) is 1. The Labute approximate surface area is 98.3 Å². The zero-order valence-corrected chi connectivity index (χ0v) is 10.5. The van der Waals surface area contributed by atoms with Crippen molar-refractivity contribution >= 4 is 5.97 Å². The maximum atomic E-state index is 11.3. The fraction of sp³-hybridized carbons (Fsp3) is 0.917. The monoisotopic (exact) mass is 228 g/mol. The zero-order valence-electron chi connectivity index (χ0n) is 10.5. The third-order valence-electron chi connectivity index (χ3n) is 3.01. The van der Waals surface area contributed by atoms with Crippen molar-refractivity contribution in [3.05, 3.63) is 0 Å². The van der Waals surface area contributed by atoms with Crippen LogP contribution in [0.25, 0.3) is 0 Å². The van der Waals surface area contributed by atoms with Crippen LogP contribution in [0, 0.1) is 0 Å². The average Bonchev–Trinajstić information content (AvgIpc) is 2.29. The molecule has 16 heavy (non-hydrogen) atoms. The van der Waals surface area contributed by atoms with E-state index in [9.17, 15) is 4.79 Å². The highest BCUT2D eigenvalue weighted by Gasteiger charge is 2.16. The van der Waals surface area contributed by atoms with Gasteiger partial charge in [0.25, 0.3) is 0 Å². The van der Waals surface area contributed by atoms with Gasteiger partial charge in [-0.05, 0) is 39.4 Å². The molecule has 0 radical (unpaired) electrons. The number of hydrogen-bond donors (Lipinski definition) is 1. The maximum absolute atomic E-state index is 11.3. The van der Waals surface area contributed by atoms with Crippen LogP contribution < -0.4 is 5.32 Å². The van der Waals surface area contributed by atoms with Gasteiger partial charge in [-0.3, -0.25) is 4.79 Å². The average molecular weight is 228 g/mol. The van der Waals surface area contributed by atoms with E-state index in [-0.39, 0.29) is 5.97 Å². The first-order valence-electron chi connectivity index (χ1n) is 6.30. The molecule has 1 heterocycles. The van der Waals surface area contributed by atoms with Crippen LogP contribution in [-0.2, 0) is 9.53 Å². The van der Waals surface area contributed by atoms with E-state index in [4.69, 9.17) is 4.74 Å². The number of carbonyl (C=O) groups excluding carboxylic acids is 1. The highest BCUT2D eigenvalue weighted by Crippen LogP contribution is 2.07. The normalized spacial score (nSPS) is 18.6. The van der Waals surface area contributed by atoms with Gasteiger partial charge in [-0.2, -0.15) is 0 Å². The summed E-state index contributed by atoms with van der Waals surface area (Å²) in [5.74, 6) is -0.118. The lowest BCUT2D eigenvalue weighted by atomic mass is 10.1. The summed E-state index contributed by atoms with van der Waals surface area (Å²) in [4.78, 5) is 13.6. The zero-order chi connectivity index (χ0) is 11.8. The number of nitrogens with zero attached hydrogens (tertiary/aromatic N) is 1. The lowest BCUT2D eigenvalue weighted by molar-refractivity contribution is -0.142. The molecule has 1 N–H and O–H groups in total. The third kappa shape index (κ3) is 5.47. The molecule has 0 atom stereocenters. The minimum Gasteiger partial charge on any atom is -0.465 e. The number of hydrogen-bond acceptors (Lipinski definition) is 4. The number of carbonyl (C=O) groups is 1. The number of esters is 1. The second kappa shape index (κ2) is 7.63. The molecular weight excluding hydrogens is 204 g/mol. The summed E-state index contributed by atoms with van der Waals surface area (Å²) in [5.41, 5.74) is 0. The van der Waals surface area contributed by atoms with Gasteiger partial charge in [0.15, 0.2) is 0 Å². The van der Waals surface area contributed by atoms with Gasteiger partial charge in [0.05, 0.1) is 13.2 Å². The maximum Gasteiger partial charge on any atom is 0.319 e. The van der Waals surface area contributed by atoms with E-state index in [0.29, 0.717) is 19.2 Å². The smallest absolute Gasteiger partial charge is 0.319 e. The molecule has 4 heteroatoms. The summed E-state index contributed by atoms with van der Waals surface area (Å²) in [6.07, 6.45) is 4.27. The Morgan fingerprint density at radius 2 is 2.12 bits per heavy atom. The van der Waals surface area contributed by atoms with E-state index >= 15 is 0 Å². The van der Waals surface area contributed by atoms with Crippen molar-refractivity contribution in [2.45, 2.75) is 38.6 Å². The molecule has 0 bridgehead atoms. The van der Waals surface area contributed by atoms with E-state index in [1.807, 2.05) is 0 Å². The predicted octanol–water partition coefficient (Wildman–Crippen LogP) is 1.01. The topological polar surface area (TPSA) is 41.6 Å². The van der Waals surface area contributed by atoms with Crippen LogP contribution in [0.15, 0.2) is 0 Å². The first kappa shape index (κ1) is 13.5. The van der Waals surface area contributed by atoms with Crippen molar-refractivity contribution in [3.63, 3.8) is 0 Å². The van der Waals surface area contributed by atoms with Crippen molar-refractivity contribution in [1.29, 1.82) is 0 Å². The van der Waals surface area contributed by atoms with Crippen molar-refractivity contribution in [1.82, 2.24) is 10.2 Å². The summed E-state index contributed by atoms with van der Waals surface area (Å²) in [7, 11) is 2.13. The second-order valence-corrected chi connectivity index (χ2v) is 4.53. The molecule has 1 fully saturated rings. The number of ether oxygens (including phenoxy) is 1. The van der Waals surface area contributed by atoms with Crippen molar-refractivity contribution in [2.24, 2.45) is 0 Å². The van der Waals surface area contributed by atoms with E-state index in [2.05, 4.69) is 24.2 Å². The van der Waals surface area contributed by atoms with Gasteiger partial charge in [-0.25, -0.2) is 0 Å². The molecule has 1 rings (SSSR count). The van der Waals surface area contributed by atoms with E-state index in [1.165, 1.54) is 0 Å². The van der Waals surface area contributed by atoms with Gasteiger partial charge in [0.1, 0.15) is 0 Å². The Morgan fingerprint density at radius 1 is 1.44 bits per heavy atom. The Kier molecular flexibility index (Phi) is 6.42. The molecule has 94 valence electrons. The molecule has 0 aromatic carbocycles. The summed E-state index contributed by atoms with van der Waals surface area (Å²) in [6.45, 7) is 5.23. The minimum absolute atomic E-state index is 0.118. The minimum atomic E-state index is -0.118.